The van der Waals surface area contributed by atoms with Gasteiger partial charge in [0.05, 0.1) is 5.41 Å². The van der Waals surface area contributed by atoms with Crippen LogP contribution in [0.25, 0.3) is 56.0 Å². The van der Waals surface area contributed by atoms with E-state index in [1.807, 2.05) is 0 Å². The Bertz CT molecular complexity index is 3130. The lowest BCUT2D eigenvalue weighted by atomic mass is 9.67. The van der Waals surface area contributed by atoms with Crippen molar-refractivity contribution in [3.8, 4) is 11.1 Å². The van der Waals surface area contributed by atoms with Crippen LogP contribution in [0, 0.1) is 13.8 Å². The Kier molecular flexibility index (Phi) is 9.63. The smallest absolute Gasteiger partial charge is 0.0619 e. The molecule has 10 aromatic carbocycles. The summed E-state index contributed by atoms with van der Waals surface area (Å²) in [6, 6.07) is 85.4. The fraction of sp³-hybridized carbons (Fsp3) is 0.0476. The van der Waals surface area contributed by atoms with E-state index >= 15 is 0 Å². The summed E-state index contributed by atoms with van der Waals surface area (Å²) in [5.41, 5.74) is 19.3. The zero-order valence-electron chi connectivity index (χ0n) is 35.6. The van der Waals surface area contributed by atoms with Gasteiger partial charge in [-0.2, -0.15) is 0 Å². The molecule has 0 heterocycles. The molecule has 0 radical (unpaired) electrons. The van der Waals surface area contributed by atoms with Gasteiger partial charge in [-0.15, -0.1) is 0 Å². The third-order valence-electron chi connectivity index (χ3n) is 13.1. The van der Waals surface area contributed by atoms with Crippen LogP contribution in [0.15, 0.2) is 231 Å². The van der Waals surface area contributed by atoms with Crippen LogP contribution in [-0.4, -0.2) is 0 Å². The molecule has 0 heteroatoms. The molecule has 0 aliphatic heterocycles. The van der Waals surface area contributed by atoms with Gasteiger partial charge in [-0.05, 0) is 138 Å². The largest absolute Gasteiger partial charge is 0.0713 e. The maximum atomic E-state index is 2.36. The summed E-state index contributed by atoms with van der Waals surface area (Å²) in [7, 11) is 0. The Morgan fingerprint density at radius 2 is 0.667 bits per heavy atom. The molecule has 11 rings (SSSR count). The number of hydrogen-bond donors (Lipinski definition) is 0. The van der Waals surface area contributed by atoms with E-state index in [9.17, 15) is 0 Å². The molecule has 0 saturated carbocycles. The Hall–Kier alpha value is -7.80. The van der Waals surface area contributed by atoms with Crippen LogP contribution in [0.3, 0.4) is 0 Å². The van der Waals surface area contributed by atoms with Gasteiger partial charge in [0.25, 0.3) is 0 Å². The number of benzene rings is 10. The van der Waals surface area contributed by atoms with Crippen LogP contribution in [-0.2, 0) is 5.41 Å². The molecule has 0 unspecified atom stereocenters. The van der Waals surface area contributed by atoms with Crippen LogP contribution >= 0.6 is 0 Å². The topological polar surface area (TPSA) is 0 Å². The maximum absolute atomic E-state index is 2.36. The van der Waals surface area contributed by atoms with Crippen molar-refractivity contribution in [3.05, 3.63) is 297 Å². The minimum atomic E-state index is -0.506. The molecule has 0 nitrogen and oxygen atoms in total. The summed E-state index contributed by atoms with van der Waals surface area (Å²) in [5.74, 6) is 0. The molecule has 10 aromatic rings. The highest BCUT2D eigenvalue weighted by atomic mass is 14.5. The Balaban J connectivity index is 1.04. The van der Waals surface area contributed by atoms with Crippen molar-refractivity contribution in [3.63, 3.8) is 0 Å². The van der Waals surface area contributed by atoms with Crippen molar-refractivity contribution in [1.82, 2.24) is 0 Å². The molecule has 0 saturated heterocycles. The van der Waals surface area contributed by atoms with Crippen molar-refractivity contribution in [1.29, 1.82) is 0 Å². The molecular weight excluding hydrogens is 757 g/mol. The molecule has 298 valence electrons. The molecular formula is C63H46. The minimum absolute atomic E-state index is 0.506. The number of rotatable bonds is 8. The minimum Gasteiger partial charge on any atom is -0.0619 e. The van der Waals surface area contributed by atoms with E-state index in [1.165, 1.54) is 99.5 Å². The first-order valence-electron chi connectivity index (χ1n) is 22.0. The van der Waals surface area contributed by atoms with Crippen molar-refractivity contribution >= 4 is 44.8 Å². The van der Waals surface area contributed by atoms with Crippen molar-refractivity contribution in [2.24, 2.45) is 0 Å². The van der Waals surface area contributed by atoms with E-state index in [2.05, 4.69) is 257 Å². The van der Waals surface area contributed by atoms with Gasteiger partial charge in [-0.25, -0.2) is 0 Å². The van der Waals surface area contributed by atoms with Crippen LogP contribution in [0.1, 0.15) is 66.8 Å². The third kappa shape index (κ3) is 6.91. The number of aryl methyl sites for hydroxylation is 2. The first kappa shape index (κ1) is 38.1. The molecule has 0 fully saturated rings. The predicted octanol–water partition coefficient (Wildman–Crippen LogP) is 16.2. The second kappa shape index (κ2) is 15.9. The summed E-state index contributed by atoms with van der Waals surface area (Å²) in [4.78, 5) is 0. The lowest BCUT2D eigenvalue weighted by molar-refractivity contribution is 0.768. The summed E-state index contributed by atoms with van der Waals surface area (Å²) < 4.78 is 0. The summed E-state index contributed by atoms with van der Waals surface area (Å²) in [5, 5.41) is 4.98. The Labute approximate surface area is 370 Å². The van der Waals surface area contributed by atoms with Crippen LogP contribution in [0.5, 0.6) is 0 Å². The van der Waals surface area contributed by atoms with Gasteiger partial charge < -0.3 is 0 Å². The van der Waals surface area contributed by atoms with E-state index in [0.717, 1.165) is 11.1 Å². The van der Waals surface area contributed by atoms with E-state index < -0.39 is 5.41 Å². The molecule has 0 amide bonds. The number of fused-ring (bicyclic) bond motifs is 5. The lowest BCUT2D eigenvalue weighted by Crippen LogP contribution is -2.28. The number of hydrogen-bond acceptors (Lipinski definition) is 0. The fourth-order valence-corrected chi connectivity index (χ4v) is 9.86. The van der Waals surface area contributed by atoms with Crippen molar-refractivity contribution in [2.75, 3.05) is 0 Å². The lowest BCUT2D eigenvalue weighted by Gasteiger charge is -2.34. The van der Waals surface area contributed by atoms with E-state index in [0.29, 0.717) is 0 Å². The Morgan fingerprint density at radius 3 is 1.08 bits per heavy atom. The second-order valence-electron chi connectivity index (χ2n) is 17.1. The van der Waals surface area contributed by atoms with Gasteiger partial charge in [0.2, 0.25) is 0 Å². The molecule has 1 aliphatic rings. The summed E-state index contributed by atoms with van der Waals surface area (Å²) >= 11 is 0. The molecule has 1 aliphatic carbocycles. The zero-order valence-corrected chi connectivity index (χ0v) is 35.6. The summed E-state index contributed by atoms with van der Waals surface area (Å²) in [6.07, 6.45) is 4.70. The molecule has 63 heavy (non-hydrogen) atoms. The van der Waals surface area contributed by atoms with Gasteiger partial charge in [-0.3, -0.25) is 0 Å². The van der Waals surface area contributed by atoms with Gasteiger partial charge in [0, 0.05) is 0 Å². The summed E-state index contributed by atoms with van der Waals surface area (Å²) in [6.45, 7) is 4.30. The van der Waals surface area contributed by atoms with Crippen molar-refractivity contribution < 1.29 is 0 Å². The zero-order chi connectivity index (χ0) is 42.3. The first-order valence-corrected chi connectivity index (χ1v) is 22.0. The average Bonchev–Trinajstić information content (AvgIpc) is 3.64. The van der Waals surface area contributed by atoms with Gasteiger partial charge in [0.15, 0.2) is 0 Å². The average molecular weight is 803 g/mol. The van der Waals surface area contributed by atoms with Gasteiger partial charge in [0.1, 0.15) is 0 Å². The molecule has 0 spiro atoms. The molecule has 0 N–H and O–H groups in total. The molecule has 0 atom stereocenters. The molecule has 0 bridgehead atoms. The van der Waals surface area contributed by atoms with Crippen molar-refractivity contribution in [2.45, 2.75) is 19.3 Å². The monoisotopic (exact) mass is 802 g/mol. The van der Waals surface area contributed by atoms with Crippen LogP contribution in [0.4, 0.5) is 0 Å². The Morgan fingerprint density at radius 1 is 0.317 bits per heavy atom. The maximum Gasteiger partial charge on any atom is 0.0713 e. The van der Waals surface area contributed by atoms with E-state index in [-0.39, 0.29) is 0 Å². The first-order chi connectivity index (χ1) is 31.0. The highest BCUT2D eigenvalue weighted by molar-refractivity contribution is 5.97. The highest BCUT2D eigenvalue weighted by Crippen LogP contribution is 2.56. The van der Waals surface area contributed by atoms with E-state index in [1.54, 1.807) is 0 Å². The normalized spacial score (nSPS) is 13.2. The van der Waals surface area contributed by atoms with Crippen LogP contribution in [0.2, 0.25) is 0 Å². The predicted molar refractivity (Wildman–Crippen MR) is 268 cm³/mol. The third-order valence-corrected chi connectivity index (χ3v) is 13.1. The molecule has 0 aromatic heterocycles. The second-order valence-corrected chi connectivity index (χ2v) is 17.1. The van der Waals surface area contributed by atoms with Crippen LogP contribution < -0.4 is 0 Å². The SMILES string of the molecule is Cc1ccc(/C(=C\c2ccc(C3(c4ccc(/C=C(\c5ccc(C)cc5)c5ccc6ccccc6c5)cc4)c4ccccc4-c4ccccc43)cc2)c2ccc3ccccc3c2)cc1. The van der Waals surface area contributed by atoms with Gasteiger partial charge >= 0.3 is 0 Å². The van der Waals surface area contributed by atoms with Gasteiger partial charge in [-0.1, -0.05) is 230 Å². The highest BCUT2D eigenvalue weighted by Gasteiger charge is 2.45. The standard InChI is InChI=1S/C63H46/c1-43-19-27-49(28-20-43)59(53-33-31-47-11-3-5-13-51(47)41-53)39-45-23-35-55(36-24-45)63(61-17-9-7-15-57(61)58-16-8-10-18-62(58)63)56-37-25-46(26-38-56)40-60(50-29-21-44(2)22-30-50)54-34-32-48-12-4-6-14-52(48)42-54/h3-42H,1-2H3/b59-39+,60-40+. The quantitative estimate of drug-likeness (QED) is 0.134. The van der Waals surface area contributed by atoms with E-state index in [4.69, 9.17) is 0 Å². The fourth-order valence-electron chi connectivity index (χ4n) is 9.86.